The second-order valence-corrected chi connectivity index (χ2v) is 6.24. The zero-order chi connectivity index (χ0) is 12.9. The van der Waals surface area contributed by atoms with Crippen LogP contribution in [-0.4, -0.2) is 36.6 Å². The third-order valence-corrected chi connectivity index (χ3v) is 3.87. The van der Waals surface area contributed by atoms with Crippen LogP contribution in [0.1, 0.15) is 47.5 Å². The lowest BCUT2D eigenvalue weighted by atomic mass is 9.84. The summed E-state index contributed by atoms with van der Waals surface area (Å²) in [5.74, 6) is 0. The van der Waals surface area contributed by atoms with Gasteiger partial charge in [-0.2, -0.15) is 0 Å². The molecule has 0 aliphatic carbocycles. The number of hydrogen-bond donors (Lipinski definition) is 1. The average Bonchev–Trinajstić information content (AvgIpc) is 2.28. The Morgan fingerprint density at radius 2 is 2.06 bits per heavy atom. The number of rotatable bonds is 4. The third-order valence-electron chi connectivity index (χ3n) is 3.87. The highest BCUT2D eigenvalue weighted by Gasteiger charge is 2.32. The molecule has 1 aliphatic heterocycles. The van der Waals surface area contributed by atoms with Gasteiger partial charge in [0, 0.05) is 31.7 Å². The van der Waals surface area contributed by atoms with Crippen molar-refractivity contribution in [1.29, 1.82) is 0 Å². The fourth-order valence-electron chi connectivity index (χ4n) is 2.52. The number of nitrogens with zero attached hydrogens (tertiary/aromatic N) is 1. The van der Waals surface area contributed by atoms with Gasteiger partial charge in [0.2, 0.25) is 0 Å². The summed E-state index contributed by atoms with van der Waals surface area (Å²) in [6, 6.07) is 1.34. The van der Waals surface area contributed by atoms with E-state index in [0.717, 1.165) is 12.6 Å². The highest BCUT2D eigenvalue weighted by molar-refractivity contribution is 4.92. The molecule has 2 unspecified atom stereocenters. The molecule has 0 aromatic rings. The summed E-state index contributed by atoms with van der Waals surface area (Å²) >= 11 is 0. The van der Waals surface area contributed by atoms with E-state index in [-0.39, 0.29) is 0 Å². The van der Waals surface area contributed by atoms with Crippen LogP contribution in [0.25, 0.3) is 0 Å². The van der Waals surface area contributed by atoms with Crippen LogP contribution < -0.4 is 5.32 Å². The third kappa shape index (κ3) is 4.44. The Hall–Kier alpha value is -0.340. The van der Waals surface area contributed by atoms with E-state index in [1.165, 1.54) is 25.9 Å². The van der Waals surface area contributed by atoms with Gasteiger partial charge < -0.3 is 5.32 Å². The first-order chi connectivity index (χ1) is 7.99. The molecule has 0 spiro atoms. The minimum atomic E-state index is 0.359. The van der Waals surface area contributed by atoms with Crippen LogP contribution in [0.2, 0.25) is 0 Å². The number of allylic oxidation sites excluding steroid dienone is 1. The molecule has 0 aromatic heterocycles. The number of hydrogen-bond acceptors (Lipinski definition) is 2. The van der Waals surface area contributed by atoms with Crippen molar-refractivity contribution < 1.29 is 0 Å². The van der Waals surface area contributed by atoms with Crippen LogP contribution in [0.3, 0.4) is 0 Å². The predicted molar refractivity (Wildman–Crippen MR) is 76.3 cm³/mol. The van der Waals surface area contributed by atoms with E-state index in [0.29, 0.717) is 11.5 Å². The van der Waals surface area contributed by atoms with Gasteiger partial charge in [0.05, 0.1) is 0 Å². The molecule has 0 radical (unpaired) electrons. The Kier molecular flexibility index (Phi) is 5.68. The van der Waals surface area contributed by atoms with E-state index < -0.39 is 0 Å². The molecular weight excluding hydrogens is 208 g/mol. The highest BCUT2D eigenvalue weighted by atomic mass is 15.2. The van der Waals surface area contributed by atoms with Crippen molar-refractivity contribution in [3.8, 4) is 0 Å². The van der Waals surface area contributed by atoms with E-state index in [2.05, 4.69) is 57.0 Å². The van der Waals surface area contributed by atoms with Gasteiger partial charge >= 0.3 is 0 Å². The van der Waals surface area contributed by atoms with Gasteiger partial charge in [-0.1, -0.05) is 39.8 Å². The minimum Gasteiger partial charge on any atom is -0.311 e. The van der Waals surface area contributed by atoms with Crippen molar-refractivity contribution in [2.45, 2.75) is 59.5 Å². The summed E-state index contributed by atoms with van der Waals surface area (Å²) in [5, 5.41) is 3.72. The summed E-state index contributed by atoms with van der Waals surface area (Å²) in [4.78, 5) is 2.67. The molecule has 0 amide bonds. The van der Waals surface area contributed by atoms with Gasteiger partial charge in [-0.05, 0) is 25.2 Å². The Morgan fingerprint density at radius 1 is 1.35 bits per heavy atom. The largest absolute Gasteiger partial charge is 0.311 e. The average molecular weight is 238 g/mol. The van der Waals surface area contributed by atoms with E-state index in [9.17, 15) is 0 Å². The van der Waals surface area contributed by atoms with Crippen molar-refractivity contribution >= 4 is 0 Å². The zero-order valence-electron chi connectivity index (χ0n) is 12.3. The summed E-state index contributed by atoms with van der Waals surface area (Å²) < 4.78 is 0. The molecule has 1 rings (SSSR count). The standard InChI is InChI=1S/C15H30N2/c1-6-8-9-10-17-12-14(15(3,4)5)16-11-13(17)7-2/h6,8,13-14,16H,7,9-12H2,1-5H3/b8-6+. The SMILES string of the molecule is C/C=C/CCN1CC(C(C)(C)C)NCC1CC. The minimum absolute atomic E-state index is 0.359. The molecule has 1 fully saturated rings. The molecule has 1 heterocycles. The molecule has 100 valence electrons. The van der Waals surface area contributed by atoms with Crippen LogP contribution in [0.15, 0.2) is 12.2 Å². The summed E-state index contributed by atoms with van der Waals surface area (Å²) in [6.07, 6.45) is 6.87. The van der Waals surface area contributed by atoms with Crippen LogP contribution in [0, 0.1) is 5.41 Å². The lowest BCUT2D eigenvalue weighted by Crippen LogP contribution is -2.60. The van der Waals surface area contributed by atoms with Crippen molar-refractivity contribution in [2.24, 2.45) is 5.41 Å². The summed E-state index contributed by atoms with van der Waals surface area (Å²) in [5.41, 5.74) is 0.359. The molecule has 2 atom stereocenters. The van der Waals surface area contributed by atoms with Gasteiger partial charge in [-0.3, -0.25) is 4.90 Å². The van der Waals surface area contributed by atoms with E-state index in [1.807, 2.05) is 0 Å². The molecule has 17 heavy (non-hydrogen) atoms. The maximum Gasteiger partial charge on any atom is 0.0244 e. The zero-order valence-corrected chi connectivity index (χ0v) is 12.3. The predicted octanol–water partition coefficient (Wildman–Crippen LogP) is 3.05. The second kappa shape index (κ2) is 6.55. The summed E-state index contributed by atoms with van der Waals surface area (Å²) in [6.45, 7) is 15.0. The molecule has 1 aliphatic rings. The monoisotopic (exact) mass is 238 g/mol. The first-order valence-electron chi connectivity index (χ1n) is 7.07. The second-order valence-electron chi connectivity index (χ2n) is 6.24. The first-order valence-corrected chi connectivity index (χ1v) is 7.07. The maximum absolute atomic E-state index is 3.72. The molecule has 0 aromatic carbocycles. The number of nitrogens with one attached hydrogen (secondary N) is 1. The van der Waals surface area contributed by atoms with Crippen molar-refractivity contribution in [1.82, 2.24) is 10.2 Å². The fraction of sp³-hybridized carbons (Fsp3) is 0.867. The molecular formula is C15H30N2. The van der Waals surface area contributed by atoms with Crippen molar-refractivity contribution in [3.63, 3.8) is 0 Å². The topological polar surface area (TPSA) is 15.3 Å². The fourth-order valence-corrected chi connectivity index (χ4v) is 2.52. The number of piperazine rings is 1. The molecule has 1 saturated heterocycles. The normalized spacial score (nSPS) is 27.8. The van der Waals surface area contributed by atoms with Gasteiger partial charge in [0.15, 0.2) is 0 Å². The lowest BCUT2D eigenvalue weighted by Gasteiger charge is -2.45. The smallest absolute Gasteiger partial charge is 0.0244 e. The molecule has 0 bridgehead atoms. The van der Waals surface area contributed by atoms with E-state index >= 15 is 0 Å². The Labute approximate surface area is 107 Å². The van der Waals surface area contributed by atoms with Crippen molar-refractivity contribution in [2.75, 3.05) is 19.6 Å². The Morgan fingerprint density at radius 3 is 2.59 bits per heavy atom. The molecule has 2 nitrogen and oxygen atoms in total. The van der Waals surface area contributed by atoms with Gasteiger partial charge in [-0.15, -0.1) is 0 Å². The highest BCUT2D eigenvalue weighted by Crippen LogP contribution is 2.24. The molecule has 0 saturated carbocycles. The first kappa shape index (κ1) is 14.7. The quantitative estimate of drug-likeness (QED) is 0.757. The van der Waals surface area contributed by atoms with Gasteiger partial charge in [0.25, 0.3) is 0 Å². The summed E-state index contributed by atoms with van der Waals surface area (Å²) in [7, 11) is 0. The van der Waals surface area contributed by atoms with E-state index in [4.69, 9.17) is 0 Å². The Bertz CT molecular complexity index is 240. The lowest BCUT2D eigenvalue weighted by molar-refractivity contribution is 0.0852. The van der Waals surface area contributed by atoms with Crippen LogP contribution in [0.4, 0.5) is 0 Å². The molecule has 2 heteroatoms. The van der Waals surface area contributed by atoms with Crippen LogP contribution >= 0.6 is 0 Å². The molecule has 1 N–H and O–H groups in total. The van der Waals surface area contributed by atoms with Crippen LogP contribution in [0.5, 0.6) is 0 Å². The van der Waals surface area contributed by atoms with Crippen LogP contribution in [-0.2, 0) is 0 Å². The van der Waals surface area contributed by atoms with Gasteiger partial charge in [0.1, 0.15) is 0 Å². The van der Waals surface area contributed by atoms with Gasteiger partial charge in [-0.25, -0.2) is 0 Å². The van der Waals surface area contributed by atoms with E-state index in [1.54, 1.807) is 0 Å². The Balaban J connectivity index is 2.55. The van der Waals surface area contributed by atoms with Crippen molar-refractivity contribution in [3.05, 3.63) is 12.2 Å². The maximum atomic E-state index is 3.72.